The van der Waals surface area contributed by atoms with Crippen LogP contribution in [-0.2, 0) is 13.1 Å². The molecule has 3 rings (SSSR count). The number of hydrogen-bond donors (Lipinski definition) is 2. The van der Waals surface area contributed by atoms with Crippen LogP contribution in [0.1, 0.15) is 17.5 Å². The van der Waals surface area contributed by atoms with E-state index in [0.717, 1.165) is 17.7 Å². The standard InChI is InChI=1S/C20H24F2N4O/c21-10-17-13-24-9-7-19(17)26(14-15-3-5-18(22)6-4-15)20(27)25-12-16-2-1-8-23-11-16/h1-6,8,11,17,19,24H,7,9-10,12-14H2,(H,25,27)/t17-,19+/m0/s1. The van der Waals surface area contributed by atoms with Crippen molar-refractivity contribution in [1.82, 2.24) is 20.5 Å². The average molecular weight is 374 g/mol. The normalized spacial score (nSPS) is 19.5. The Balaban J connectivity index is 1.75. The first-order valence-electron chi connectivity index (χ1n) is 9.12. The molecule has 0 radical (unpaired) electrons. The maximum Gasteiger partial charge on any atom is 0.318 e. The molecular weight excluding hydrogens is 350 g/mol. The van der Waals surface area contributed by atoms with Crippen molar-refractivity contribution in [3.8, 4) is 0 Å². The lowest BCUT2D eigenvalue weighted by molar-refractivity contribution is 0.108. The SMILES string of the molecule is O=C(NCc1cccnc1)N(Cc1ccc(F)cc1)[C@@H]1CCNC[C@@H]1CF. The molecular formula is C20H24F2N4O. The van der Waals surface area contributed by atoms with Crippen molar-refractivity contribution in [2.75, 3.05) is 19.8 Å². The minimum absolute atomic E-state index is 0.213. The van der Waals surface area contributed by atoms with E-state index in [1.54, 1.807) is 29.4 Å². The third-order valence-electron chi connectivity index (χ3n) is 4.86. The molecule has 27 heavy (non-hydrogen) atoms. The summed E-state index contributed by atoms with van der Waals surface area (Å²) in [6, 6.07) is 9.27. The van der Waals surface area contributed by atoms with Gasteiger partial charge in [0.25, 0.3) is 0 Å². The number of benzene rings is 1. The van der Waals surface area contributed by atoms with E-state index in [4.69, 9.17) is 0 Å². The van der Waals surface area contributed by atoms with E-state index in [1.807, 2.05) is 12.1 Å². The third-order valence-corrected chi connectivity index (χ3v) is 4.86. The molecule has 2 aromatic rings. The smallest absolute Gasteiger partial charge is 0.318 e. The number of urea groups is 1. The van der Waals surface area contributed by atoms with Gasteiger partial charge >= 0.3 is 6.03 Å². The summed E-state index contributed by atoms with van der Waals surface area (Å²) in [5.74, 6) is -0.585. The van der Waals surface area contributed by atoms with Gasteiger partial charge in [-0.05, 0) is 42.3 Å². The fourth-order valence-electron chi connectivity index (χ4n) is 3.38. The second-order valence-corrected chi connectivity index (χ2v) is 6.75. The highest BCUT2D eigenvalue weighted by atomic mass is 19.1. The summed E-state index contributed by atoms with van der Waals surface area (Å²) in [6.45, 7) is 1.43. The van der Waals surface area contributed by atoms with Crippen LogP contribution in [-0.4, -0.2) is 41.7 Å². The lowest BCUT2D eigenvalue weighted by Gasteiger charge is -2.39. The summed E-state index contributed by atoms with van der Waals surface area (Å²) in [5, 5.41) is 6.09. The first kappa shape index (κ1) is 19.2. The van der Waals surface area contributed by atoms with Crippen LogP contribution in [0.5, 0.6) is 0 Å². The topological polar surface area (TPSA) is 57.3 Å². The van der Waals surface area contributed by atoms with Crippen molar-refractivity contribution >= 4 is 6.03 Å². The molecule has 5 nitrogen and oxygen atoms in total. The molecule has 1 aliphatic heterocycles. The number of carbonyl (C=O) groups excluding carboxylic acids is 1. The van der Waals surface area contributed by atoms with E-state index in [9.17, 15) is 13.6 Å². The molecule has 2 amide bonds. The molecule has 144 valence electrons. The highest BCUT2D eigenvalue weighted by molar-refractivity contribution is 5.74. The number of pyridine rings is 1. The second-order valence-electron chi connectivity index (χ2n) is 6.75. The van der Waals surface area contributed by atoms with Gasteiger partial charge in [0.15, 0.2) is 0 Å². The molecule has 1 aromatic heterocycles. The summed E-state index contributed by atoms with van der Waals surface area (Å²) in [5.41, 5.74) is 1.70. The summed E-state index contributed by atoms with van der Waals surface area (Å²) in [7, 11) is 0. The van der Waals surface area contributed by atoms with Crippen LogP contribution >= 0.6 is 0 Å². The quantitative estimate of drug-likeness (QED) is 0.818. The van der Waals surface area contributed by atoms with E-state index in [2.05, 4.69) is 15.6 Å². The van der Waals surface area contributed by atoms with Gasteiger partial charge in [-0.2, -0.15) is 0 Å². The van der Waals surface area contributed by atoms with E-state index in [0.29, 0.717) is 26.1 Å². The van der Waals surface area contributed by atoms with Gasteiger partial charge in [-0.25, -0.2) is 9.18 Å². The van der Waals surface area contributed by atoms with Crippen molar-refractivity contribution < 1.29 is 13.6 Å². The zero-order valence-electron chi connectivity index (χ0n) is 15.1. The van der Waals surface area contributed by atoms with Gasteiger partial charge in [0, 0.05) is 44.0 Å². The Kier molecular flexibility index (Phi) is 6.70. The molecule has 1 aliphatic rings. The van der Waals surface area contributed by atoms with Gasteiger partial charge < -0.3 is 15.5 Å². The maximum atomic E-state index is 13.5. The molecule has 1 saturated heterocycles. The average Bonchev–Trinajstić information content (AvgIpc) is 2.72. The Morgan fingerprint density at radius 2 is 2.07 bits per heavy atom. The molecule has 0 bridgehead atoms. The zero-order valence-corrected chi connectivity index (χ0v) is 15.1. The maximum absolute atomic E-state index is 13.5. The Morgan fingerprint density at radius 1 is 1.26 bits per heavy atom. The van der Waals surface area contributed by atoms with Gasteiger partial charge in [-0.3, -0.25) is 9.37 Å². The molecule has 2 N–H and O–H groups in total. The molecule has 0 saturated carbocycles. The number of carbonyl (C=O) groups is 1. The predicted molar refractivity (Wildman–Crippen MR) is 99.2 cm³/mol. The molecule has 0 aliphatic carbocycles. The fourth-order valence-corrected chi connectivity index (χ4v) is 3.38. The van der Waals surface area contributed by atoms with E-state index < -0.39 is 6.67 Å². The highest BCUT2D eigenvalue weighted by Gasteiger charge is 2.33. The lowest BCUT2D eigenvalue weighted by Crippen LogP contribution is -2.54. The largest absolute Gasteiger partial charge is 0.334 e. The second kappa shape index (κ2) is 9.41. The number of nitrogens with zero attached hydrogens (tertiary/aromatic N) is 2. The monoisotopic (exact) mass is 374 g/mol. The Bertz CT molecular complexity index is 727. The van der Waals surface area contributed by atoms with Crippen LogP contribution in [0.3, 0.4) is 0 Å². The molecule has 2 atom stereocenters. The summed E-state index contributed by atoms with van der Waals surface area (Å²) < 4.78 is 26.7. The van der Waals surface area contributed by atoms with E-state index >= 15 is 0 Å². The zero-order chi connectivity index (χ0) is 19.1. The van der Waals surface area contributed by atoms with Gasteiger partial charge in [0.2, 0.25) is 0 Å². The number of amides is 2. The van der Waals surface area contributed by atoms with Crippen molar-refractivity contribution in [3.05, 3.63) is 65.7 Å². The van der Waals surface area contributed by atoms with Crippen LogP contribution in [0.15, 0.2) is 48.8 Å². The van der Waals surface area contributed by atoms with Crippen molar-refractivity contribution in [3.63, 3.8) is 0 Å². The minimum Gasteiger partial charge on any atom is -0.334 e. The predicted octanol–water partition coefficient (Wildman–Crippen LogP) is 2.88. The van der Waals surface area contributed by atoms with Gasteiger partial charge in [0.05, 0.1) is 6.67 Å². The van der Waals surface area contributed by atoms with Crippen LogP contribution in [0.2, 0.25) is 0 Å². The molecule has 0 spiro atoms. The van der Waals surface area contributed by atoms with E-state index in [1.165, 1.54) is 12.1 Å². The fraction of sp³-hybridized carbons (Fsp3) is 0.400. The van der Waals surface area contributed by atoms with Crippen molar-refractivity contribution in [1.29, 1.82) is 0 Å². The Labute approximate surface area is 157 Å². The molecule has 0 unspecified atom stereocenters. The first-order valence-corrected chi connectivity index (χ1v) is 9.12. The number of aromatic nitrogens is 1. The molecule has 7 heteroatoms. The van der Waals surface area contributed by atoms with Gasteiger partial charge in [0.1, 0.15) is 5.82 Å². The van der Waals surface area contributed by atoms with Crippen LogP contribution in [0.25, 0.3) is 0 Å². The third kappa shape index (κ3) is 5.23. The number of rotatable bonds is 6. The number of hydrogen-bond acceptors (Lipinski definition) is 3. The number of alkyl halides is 1. The van der Waals surface area contributed by atoms with Gasteiger partial charge in [-0.1, -0.05) is 18.2 Å². The number of halogens is 2. The van der Waals surface area contributed by atoms with E-state index in [-0.39, 0.29) is 23.8 Å². The summed E-state index contributed by atoms with van der Waals surface area (Å²) in [4.78, 5) is 18.6. The summed E-state index contributed by atoms with van der Waals surface area (Å²) >= 11 is 0. The summed E-state index contributed by atoms with van der Waals surface area (Å²) in [6.07, 6.45) is 4.04. The Hall–Kier alpha value is -2.54. The lowest BCUT2D eigenvalue weighted by atomic mass is 9.92. The van der Waals surface area contributed by atoms with Crippen LogP contribution in [0, 0.1) is 11.7 Å². The number of nitrogens with one attached hydrogen (secondary N) is 2. The molecule has 2 heterocycles. The highest BCUT2D eigenvalue weighted by Crippen LogP contribution is 2.22. The first-order chi connectivity index (χ1) is 13.2. The Morgan fingerprint density at radius 3 is 2.78 bits per heavy atom. The van der Waals surface area contributed by atoms with Crippen LogP contribution < -0.4 is 10.6 Å². The van der Waals surface area contributed by atoms with Crippen molar-refractivity contribution in [2.24, 2.45) is 5.92 Å². The van der Waals surface area contributed by atoms with Crippen LogP contribution in [0.4, 0.5) is 13.6 Å². The molecule has 1 fully saturated rings. The van der Waals surface area contributed by atoms with Crippen molar-refractivity contribution in [2.45, 2.75) is 25.6 Å². The molecule has 1 aromatic carbocycles. The van der Waals surface area contributed by atoms with Gasteiger partial charge in [-0.15, -0.1) is 0 Å². The minimum atomic E-state index is -0.493. The number of piperidine rings is 1.